The molecule has 0 radical (unpaired) electrons. The number of ether oxygens (including phenoxy) is 5. The van der Waals surface area contributed by atoms with E-state index in [-0.39, 0.29) is 13.2 Å². The lowest BCUT2D eigenvalue weighted by molar-refractivity contribution is -0.303. The van der Waals surface area contributed by atoms with Crippen LogP contribution in [0.15, 0.2) is 0 Å². The minimum absolute atomic E-state index is 0.0526. The summed E-state index contributed by atoms with van der Waals surface area (Å²) < 4.78 is 57.3. The largest absolute Gasteiger partial charge is 0.348 e. The molecular formula is C13H22O8S. The molecule has 3 heterocycles. The van der Waals surface area contributed by atoms with Crippen molar-refractivity contribution in [2.24, 2.45) is 0 Å². The second-order valence-corrected chi connectivity index (χ2v) is 8.37. The predicted molar refractivity (Wildman–Crippen MR) is 73.3 cm³/mol. The molecule has 0 unspecified atom stereocenters. The van der Waals surface area contributed by atoms with Gasteiger partial charge in [0, 0.05) is 0 Å². The van der Waals surface area contributed by atoms with E-state index in [0.717, 1.165) is 6.26 Å². The van der Waals surface area contributed by atoms with Crippen molar-refractivity contribution in [3.8, 4) is 0 Å². The molecule has 0 N–H and O–H groups in total. The Morgan fingerprint density at radius 2 is 1.73 bits per heavy atom. The maximum atomic E-state index is 11.7. The van der Waals surface area contributed by atoms with Crippen molar-refractivity contribution >= 4 is 10.1 Å². The van der Waals surface area contributed by atoms with Gasteiger partial charge in [0.25, 0.3) is 10.1 Å². The zero-order valence-corrected chi connectivity index (χ0v) is 14.1. The molecule has 4 atom stereocenters. The van der Waals surface area contributed by atoms with Gasteiger partial charge >= 0.3 is 0 Å². The van der Waals surface area contributed by atoms with Crippen molar-refractivity contribution < 1.29 is 36.3 Å². The van der Waals surface area contributed by atoms with Crippen LogP contribution in [0.5, 0.6) is 0 Å². The molecule has 0 aromatic carbocycles. The van der Waals surface area contributed by atoms with Crippen LogP contribution in [-0.4, -0.2) is 63.6 Å². The number of fused-ring (bicyclic) bond motifs is 1. The average Bonchev–Trinajstić information content (AvgIpc) is 2.77. The van der Waals surface area contributed by atoms with Crippen molar-refractivity contribution in [3.63, 3.8) is 0 Å². The summed E-state index contributed by atoms with van der Waals surface area (Å²) in [6, 6.07) is 0. The number of hydrogen-bond acceptors (Lipinski definition) is 8. The molecule has 8 nitrogen and oxygen atoms in total. The minimum Gasteiger partial charge on any atom is -0.348 e. The predicted octanol–water partition coefficient (Wildman–Crippen LogP) is 0.361. The zero-order valence-electron chi connectivity index (χ0n) is 13.3. The van der Waals surface area contributed by atoms with Gasteiger partial charge in [-0.15, -0.1) is 0 Å². The maximum Gasteiger partial charge on any atom is 0.264 e. The maximum absolute atomic E-state index is 11.7. The Kier molecular flexibility index (Phi) is 3.65. The topological polar surface area (TPSA) is 89.5 Å². The third kappa shape index (κ3) is 3.03. The highest BCUT2D eigenvalue weighted by Crippen LogP contribution is 2.46. The van der Waals surface area contributed by atoms with E-state index < -0.39 is 45.8 Å². The molecule has 22 heavy (non-hydrogen) atoms. The molecule has 9 heteroatoms. The Labute approximate surface area is 130 Å². The summed E-state index contributed by atoms with van der Waals surface area (Å²) in [6.07, 6.45) is -1.09. The van der Waals surface area contributed by atoms with Crippen molar-refractivity contribution in [3.05, 3.63) is 0 Å². The van der Waals surface area contributed by atoms with Gasteiger partial charge in [-0.2, -0.15) is 8.42 Å². The SMILES string of the molecule is CC1(C)OC[C@@H]2O[C@@]3(COC(C)(C)O3)[C@@H](OS(C)(=O)=O)[C@@H]2O1. The summed E-state index contributed by atoms with van der Waals surface area (Å²) in [4.78, 5) is 0. The monoisotopic (exact) mass is 338 g/mol. The van der Waals surface area contributed by atoms with Crippen molar-refractivity contribution in [1.82, 2.24) is 0 Å². The van der Waals surface area contributed by atoms with E-state index in [9.17, 15) is 8.42 Å². The fourth-order valence-corrected chi connectivity index (χ4v) is 3.64. The average molecular weight is 338 g/mol. The lowest BCUT2D eigenvalue weighted by atomic mass is 10.0. The van der Waals surface area contributed by atoms with Gasteiger partial charge in [0.15, 0.2) is 17.7 Å². The third-order valence-electron chi connectivity index (χ3n) is 3.78. The van der Waals surface area contributed by atoms with Crippen LogP contribution in [-0.2, 0) is 38.0 Å². The van der Waals surface area contributed by atoms with Gasteiger partial charge in [0.05, 0.1) is 12.9 Å². The number of hydrogen-bond donors (Lipinski definition) is 0. The van der Waals surface area contributed by atoms with Gasteiger partial charge in [-0.25, -0.2) is 0 Å². The van der Waals surface area contributed by atoms with Gasteiger partial charge in [-0.05, 0) is 27.7 Å². The first kappa shape index (κ1) is 16.6. The Hall–Kier alpha value is -0.290. The highest BCUT2D eigenvalue weighted by molar-refractivity contribution is 7.86. The van der Waals surface area contributed by atoms with Gasteiger partial charge in [0.2, 0.25) is 5.79 Å². The molecule has 128 valence electrons. The molecular weight excluding hydrogens is 316 g/mol. The Balaban J connectivity index is 1.93. The van der Waals surface area contributed by atoms with Crippen molar-refractivity contribution in [1.29, 1.82) is 0 Å². The Morgan fingerprint density at radius 1 is 1.05 bits per heavy atom. The molecule has 1 spiro atoms. The lowest BCUT2D eigenvalue weighted by Crippen LogP contribution is -2.53. The smallest absolute Gasteiger partial charge is 0.264 e. The van der Waals surface area contributed by atoms with E-state index in [1.165, 1.54) is 0 Å². The minimum atomic E-state index is -3.73. The van der Waals surface area contributed by atoms with Crippen LogP contribution in [0.1, 0.15) is 27.7 Å². The summed E-state index contributed by atoms with van der Waals surface area (Å²) in [5.74, 6) is -3.08. The van der Waals surface area contributed by atoms with E-state index in [0.29, 0.717) is 0 Å². The van der Waals surface area contributed by atoms with Crippen LogP contribution in [0.25, 0.3) is 0 Å². The molecule has 0 aromatic heterocycles. The van der Waals surface area contributed by atoms with Crippen LogP contribution < -0.4 is 0 Å². The first-order valence-electron chi connectivity index (χ1n) is 7.13. The van der Waals surface area contributed by atoms with E-state index in [1.807, 2.05) is 0 Å². The molecule has 0 aromatic rings. The Morgan fingerprint density at radius 3 is 2.27 bits per heavy atom. The molecule has 3 saturated heterocycles. The van der Waals surface area contributed by atoms with Gasteiger partial charge in [0.1, 0.15) is 18.8 Å². The molecule has 0 bridgehead atoms. The molecule has 3 aliphatic rings. The van der Waals surface area contributed by atoms with E-state index in [4.69, 9.17) is 27.9 Å². The van der Waals surface area contributed by atoms with E-state index >= 15 is 0 Å². The molecule has 3 aliphatic heterocycles. The van der Waals surface area contributed by atoms with Crippen LogP contribution in [0.3, 0.4) is 0 Å². The summed E-state index contributed by atoms with van der Waals surface area (Å²) in [6.45, 7) is 7.27. The fourth-order valence-electron chi connectivity index (χ4n) is 3.01. The summed E-state index contributed by atoms with van der Waals surface area (Å²) >= 11 is 0. The molecule has 3 fully saturated rings. The van der Waals surface area contributed by atoms with Crippen LogP contribution in [0, 0.1) is 0 Å². The van der Waals surface area contributed by atoms with Gasteiger partial charge in [-0.3, -0.25) is 4.18 Å². The first-order chi connectivity index (χ1) is 9.92. The van der Waals surface area contributed by atoms with Gasteiger partial charge in [-0.1, -0.05) is 0 Å². The van der Waals surface area contributed by atoms with Crippen LogP contribution in [0.2, 0.25) is 0 Å². The fraction of sp³-hybridized carbons (Fsp3) is 1.00. The summed E-state index contributed by atoms with van der Waals surface area (Å²) in [5, 5.41) is 0. The molecule has 0 saturated carbocycles. The third-order valence-corrected chi connectivity index (χ3v) is 4.34. The lowest BCUT2D eigenvalue weighted by Gasteiger charge is -2.38. The van der Waals surface area contributed by atoms with Crippen molar-refractivity contribution in [2.45, 2.75) is 63.4 Å². The Bertz CT molecular complexity index is 554. The van der Waals surface area contributed by atoms with Crippen LogP contribution >= 0.6 is 0 Å². The number of rotatable bonds is 2. The summed E-state index contributed by atoms with van der Waals surface area (Å²) in [7, 11) is -3.73. The van der Waals surface area contributed by atoms with E-state index in [2.05, 4.69) is 0 Å². The highest BCUT2D eigenvalue weighted by atomic mass is 32.2. The van der Waals surface area contributed by atoms with E-state index in [1.54, 1.807) is 27.7 Å². The normalized spacial score (nSPS) is 43.4. The second-order valence-electron chi connectivity index (χ2n) is 6.77. The van der Waals surface area contributed by atoms with Gasteiger partial charge < -0.3 is 23.7 Å². The zero-order chi connectivity index (χ0) is 16.4. The van der Waals surface area contributed by atoms with Crippen LogP contribution in [0.4, 0.5) is 0 Å². The standard InChI is InChI=1S/C13H22O8S/c1-11(2)16-6-8-9(19-11)10(20-22(5,14)15)13(18-8)7-17-12(3,4)21-13/h8-10H,6-7H2,1-5H3/t8-,9+,10-,13+/m0/s1. The first-order valence-corrected chi connectivity index (χ1v) is 8.95. The molecule has 0 aliphatic carbocycles. The second kappa shape index (κ2) is 4.85. The van der Waals surface area contributed by atoms with Crippen molar-refractivity contribution in [2.75, 3.05) is 19.5 Å². The molecule has 3 rings (SSSR count). The summed E-state index contributed by atoms with van der Waals surface area (Å²) in [5.41, 5.74) is 0. The highest BCUT2D eigenvalue weighted by Gasteiger charge is 2.66. The quantitative estimate of drug-likeness (QED) is 0.667. The molecule has 0 amide bonds.